The minimum atomic E-state index is -0.543. The van der Waals surface area contributed by atoms with Crippen LogP contribution in [0.5, 0.6) is 0 Å². The Morgan fingerprint density at radius 3 is 2.03 bits per heavy atom. The van der Waals surface area contributed by atoms with E-state index in [0.717, 1.165) is 12.1 Å². The summed E-state index contributed by atoms with van der Waals surface area (Å²) in [6, 6.07) is 11.2. The zero-order chi connectivity index (χ0) is 21.4. The van der Waals surface area contributed by atoms with E-state index in [9.17, 15) is 18.8 Å². The second kappa shape index (κ2) is 10.3. The molecule has 0 bridgehead atoms. The van der Waals surface area contributed by atoms with Crippen molar-refractivity contribution in [1.29, 1.82) is 0 Å². The van der Waals surface area contributed by atoms with Gasteiger partial charge in [0, 0.05) is 23.2 Å². The summed E-state index contributed by atoms with van der Waals surface area (Å²) in [7, 11) is 0. The normalized spacial score (nSPS) is 10.2. The van der Waals surface area contributed by atoms with Crippen LogP contribution in [0.2, 0.25) is 0 Å². The molecule has 2 aromatic carbocycles. The van der Waals surface area contributed by atoms with Crippen molar-refractivity contribution in [3.8, 4) is 0 Å². The Balaban J connectivity index is 1.82. The number of anilines is 1. The fourth-order valence-electron chi connectivity index (χ4n) is 2.28. The maximum absolute atomic E-state index is 12.9. The quantitative estimate of drug-likeness (QED) is 0.444. The second-order valence-corrected chi connectivity index (χ2v) is 7.00. The lowest BCUT2D eigenvalue weighted by atomic mass is 10.1. The van der Waals surface area contributed by atoms with Gasteiger partial charge in [-0.15, -0.1) is 0 Å². The van der Waals surface area contributed by atoms with Crippen LogP contribution < -0.4 is 21.5 Å². The molecule has 29 heavy (non-hydrogen) atoms. The van der Waals surface area contributed by atoms with E-state index in [1.807, 2.05) is 13.8 Å². The smallest absolute Gasteiger partial charge is 0.269 e. The Bertz CT molecular complexity index is 899. The molecule has 0 radical (unpaired) electrons. The van der Waals surface area contributed by atoms with Gasteiger partial charge < -0.3 is 5.32 Å². The topological polar surface area (TPSA) is 99.3 Å². The molecule has 0 atom stereocenters. The van der Waals surface area contributed by atoms with Crippen LogP contribution in [0.4, 0.5) is 10.1 Å². The zero-order valence-corrected chi connectivity index (χ0v) is 16.7. The van der Waals surface area contributed by atoms with E-state index in [-0.39, 0.29) is 22.5 Å². The molecule has 0 unspecified atom stereocenters. The van der Waals surface area contributed by atoms with Gasteiger partial charge in [0.25, 0.3) is 11.8 Å². The number of hydrogen-bond donors (Lipinski definition) is 4. The van der Waals surface area contributed by atoms with E-state index < -0.39 is 17.6 Å². The summed E-state index contributed by atoms with van der Waals surface area (Å²) in [6.07, 6.45) is 0.410. The maximum atomic E-state index is 12.9. The summed E-state index contributed by atoms with van der Waals surface area (Å²) < 4.78 is 12.9. The van der Waals surface area contributed by atoms with E-state index in [0.29, 0.717) is 17.7 Å². The van der Waals surface area contributed by atoms with Crippen molar-refractivity contribution in [2.45, 2.75) is 20.3 Å². The molecule has 0 heterocycles. The molecule has 0 aliphatic heterocycles. The Labute approximate surface area is 173 Å². The molecule has 2 rings (SSSR count). The molecular formula is C20H21FN4O3S. The van der Waals surface area contributed by atoms with Gasteiger partial charge in [-0.2, -0.15) is 0 Å². The summed E-state index contributed by atoms with van der Waals surface area (Å²) in [5.74, 6) is -1.33. The summed E-state index contributed by atoms with van der Waals surface area (Å²) in [4.78, 5) is 35.9. The number of carbonyl (C=O) groups is 3. The number of benzene rings is 2. The van der Waals surface area contributed by atoms with Gasteiger partial charge in [0.2, 0.25) is 5.91 Å². The molecule has 3 amide bonds. The summed E-state index contributed by atoms with van der Waals surface area (Å²) in [6.45, 7) is 3.90. The summed E-state index contributed by atoms with van der Waals surface area (Å²) >= 11 is 4.95. The van der Waals surface area contributed by atoms with Crippen LogP contribution in [0.25, 0.3) is 0 Å². The summed E-state index contributed by atoms with van der Waals surface area (Å²) in [5, 5.41) is 5.00. The number of halogens is 1. The molecule has 0 aliphatic carbocycles. The predicted octanol–water partition coefficient (Wildman–Crippen LogP) is 2.76. The van der Waals surface area contributed by atoms with Crippen LogP contribution in [0.3, 0.4) is 0 Å². The summed E-state index contributed by atoms with van der Waals surface area (Å²) in [5.41, 5.74) is 5.91. The average Bonchev–Trinajstić information content (AvgIpc) is 2.66. The van der Waals surface area contributed by atoms with Crippen molar-refractivity contribution in [3.05, 3.63) is 65.5 Å². The number of amides is 3. The molecule has 4 N–H and O–H groups in total. The maximum Gasteiger partial charge on any atom is 0.269 e. The van der Waals surface area contributed by atoms with E-state index in [1.165, 1.54) is 12.1 Å². The first-order valence-electron chi connectivity index (χ1n) is 8.81. The van der Waals surface area contributed by atoms with Crippen molar-refractivity contribution in [2.24, 2.45) is 5.92 Å². The third kappa shape index (κ3) is 7.30. The highest BCUT2D eigenvalue weighted by Gasteiger charge is 2.10. The third-order valence-electron chi connectivity index (χ3n) is 3.65. The van der Waals surface area contributed by atoms with Crippen molar-refractivity contribution in [1.82, 2.24) is 16.2 Å². The number of carbonyl (C=O) groups excluding carboxylic acids is 3. The first-order valence-corrected chi connectivity index (χ1v) is 9.22. The Morgan fingerprint density at radius 1 is 0.897 bits per heavy atom. The minimum Gasteiger partial charge on any atom is -0.326 e. The highest BCUT2D eigenvalue weighted by atomic mass is 32.1. The fraction of sp³-hybridized carbons (Fsp3) is 0.200. The van der Waals surface area contributed by atoms with Crippen LogP contribution in [-0.2, 0) is 4.79 Å². The molecule has 0 aliphatic rings. The molecule has 7 nitrogen and oxygen atoms in total. The van der Waals surface area contributed by atoms with Gasteiger partial charge in [0.15, 0.2) is 5.11 Å². The number of rotatable bonds is 5. The van der Waals surface area contributed by atoms with Crippen LogP contribution >= 0.6 is 12.2 Å². The predicted molar refractivity (Wildman–Crippen MR) is 112 cm³/mol. The van der Waals surface area contributed by atoms with Crippen LogP contribution in [0.1, 0.15) is 41.0 Å². The molecule has 152 valence electrons. The number of hydrazine groups is 1. The molecule has 0 aromatic heterocycles. The third-order valence-corrected chi connectivity index (χ3v) is 3.85. The molecule has 0 saturated carbocycles. The highest BCUT2D eigenvalue weighted by molar-refractivity contribution is 7.80. The Morgan fingerprint density at radius 2 is 1.45 bits per heavy atom. The molecule has 9 heteroatoms. The van der Waals surface area contributed by atoms with Gasteiger partial charge in [0.1, 0.15) is 5.82 Å². The lowest BCUT2D eigenvalue weighted by Gasteiger charge is -2.11. The van der Waals surface area contributed by atoms with E-state index in [4.69, 9.17) is 12.2 Å². The van der Waals surface area contributed by atoms with Crippen molar-refractivity contribution < 1.29 is 18.8 Å². The monoisotopic (exact) mass is 416 g/mol. The zero-order valence-electron chi connectivity index (χ0n) is 15.9. The first-order chi connectivity index (χ1) is 13.7. The molecule has 0 saturated heterocycles. The Kier molecular flexibility index (Phi) is 7.79. The molecule has 0 spiro atoms. The SMILES string of the molecule is CC(C)CC(=O)Nc1ccc(C(=O)NNC(=S)NC(=O)c2ccc(F)cc2)cc1. The second-order valence-electron chi connectivity index (χ2n) is 6.59. The van der Waals surface area contributed by atoms with Crippen LogP contribution in [-0.4, -0.2) is 22.8 Å². The molecule has 2 aromatic rings. The van der Waals surface area contributed by atoms with Crippen LogP contribution in [0, 0.1) is 11.7 Å². The number of thiocarbonyl (C=S) groups is 1. The standard InChI is InChI=1S/C20H21FN4O3S/c1-12(2)11-17(26)22-16-9-5-14(6-10-16)19(28)24-25-20(29)23-18(27)13-3-7-15(21)8-4-13/h3-10,12H,11H2,1-2H3,(H,22,26)(H,24,28)(H2,23,25,27,29). The number of hydrogen-bond acceptors (Lipinski definition) is 4. The van der Waals surface area contributed by atoms with Crippen molar-refractivity contribution in [2.75, 3.05) is 5.32 Å². The van der Waals surface area contributed by atoms with E-state index >= 15 is 0 Å². The Hall–Kier alpha value is -3.33. The van der Waals surface area contributed by atoms with E-state index in [2.05, 4.69) is 21.5 Å². The lowest BCUT2D eigenvalue weighted by molar-refractivity contribution is -0.116. The van der Waals surface area contributed by atoms with Gasteiger partial charge in [-0.05, 0) is 66.7 Å². The number of nitrogens with one attached hydrogen (secondary N) is 4. The fourth-order valence-corrected chi connectivity index (χ4v) is 2.42. The van der Waals surface area contributed by atoms with Gasteiger partial charge in [-0.1, -0.05) is 13.8 Å². The van der Waals surface area contributed by atoms with Crippen molar-refractivity contribution in [3.63, 3.8) is 0 Å². The van der Waals surface area contributed by atoms with Crippen LogP contribution in [0.15, 0.2) is 48.5 Å². The van der Waals surface area contributed by atoms with Gasteiger partial charge >= 0.3 is 0 Å². The van der Waals surface area contributed by atoms with Gasteiger partial charge in [-0.25, -0.2) is 4.39 Å². The first kappa shape index (κ1) is 22.0. The van der Waals surface area contributed by atoms with Gasteiger partial charge in [0.05, 0.1) is 0 Å². The highest BCUT2D eigenvalue weighted by Crippen LogP contribution is 2.11. The molecule has 0 fully saturated rings. The van der Waals surface area contributed by atoms with Gasteiger partial charge in [-0.3, -0.25) is 30.6 Å². The average molecular weight is 416 g/mol. The lowest BCUT2D eigenvalue weighted by Crippen LogP contribution is -2.48. The minimum absolute atomic E-state index is 0.0962. The largest absolute Gasteiger partial charge is 0.326 e. The molecular weight excluding hydrogens is 395 g/mol. The van der Waals surface area contributed by atoms with E-state index in [1.54, 1.807) is 24.3 Å². The van der Waals surface area contributed by atoms with Crippen molar-refractivity contribution >= 4 is 40.7 Å².